The van der Waals surface area contributed by atoms with E-state index in [1.807, 2.05) is 30.3 Å². The number of rotatable bonds is 9. The van der Waals surface area contributed by atoms with Crippen molar-refractivity contribution in [1.29, 1.82) is 0 Å². The predicted molar refractivity (Wildman–Crippen MR) is 114 cm³/mol. The van der Waals surface area contributed by atoms with Crippen LogP contribution in [0.1, 0.15) is 44.9 Å². The average molecular weight is 398 g/mol. The highest BCUT2D eigenvalue weighted by Crippen LogP contribution is 2.20. The molecule has 0 aliphatic carbocycles. The van der Waals surface area contributed by atoms with Gasteiger partial charge in [-0.1, -0.05) is 48.9 Å². The molecular formula is C22H25N3O2S. The maximum Gasteiger partial charge on any atom is 0.230 e. The molecule has 0 aliphatic heterocycles. The third kappa shape index (κ3) is 6.18. The number of anilines is 2. The number of carbonyl (C=O) groups excluding carboxylic acids is 1. The molecule has 2 aromatic carbocycles. The smallest absolute Gasteiger partial charge is 0.230 e. The van der Waals surface area contributed by atoms with Gasteiger partial charge >= 0.3 is 0 Å². The molecule has 1 heterocycles. The molecule has 0 saturated heterocycles. The Morgan fingerprint density at radius 3 is 2.61 bits per heavy atom. The molecule has 0 bridgehead atoms. The van der Waals surface area contributed by atoms with E-state index in [0.717, 1.165) is 5.56 Å². The highest BCUT2D eigenvalue weighted by Gasteiger charge is 2.08. The van der Waals surface area contributed by atoms with Crippen LogP contribution in [-0.2, 0) is 17.6 Å². The summed E-state index contributed by atoms with van der Waals surface area (Å²) >= 11 is 1.31. The van der Waals surface area contributed by atoms with Gasteiger partial charge in [-0.05, 0) is 42.5 Å². The number of thiazole rings is 1. The zero-order valence-electron chi connectivity index (χ0n) is 17.5. The van der Waals surface area contributed by atoms with Crippen molar-refractivity contribution in [2.45, 2.75) is 38.2 Å². The van der Waals surface area contributed by atoms with Gasteiger partial charge in [0.25, 0.3) is 0 Å². The first kappa shape index (κ1) is 17.4. The second kappa shape index (κ2) is 10.0. The van der Waals surface area contributed by atoms with Crippen LogP contribution in [0.15, 0.2) is 60.0 Å². The SMILES string of the molecule is [2H]C([2H])(CCCc1ccc(NC(=O)Cc2csc(N)n2)cc1)[C@H](O)c1ccccc1. The Kier molecular flexibility index (Phi) is 6.22. The van der Waals surface area contributed by atoms with Crippen molar-refractivity contribution >= 4 is 28.1 Å². The molecule has 3 rings (SSSR count). The molecule has 0 unspecified atom stereocenters. The lowest BCUT2D eigenvalue weighted by molar-refractivity contribution is -0.115. The monoisotopic (exact) mass is 397 g/mol. The van der Waals surface area contributed by atoms with E-state index in [4.69, 9.17) is 8.48 Å². The Balaban J connectivity index is 1.46. The fourth-order valence-corrected chi connectivity index (χ4v) is 3.38. The van der Waals surface area contributed by atoms with Gasteiger partial charge in [0, 0.05) is 13.8 Å². The summed E-state index contributed by atoms with van der Waals surface area (Å²) in [6, 6.07) is 16.4. The van der Waals surface area contributed by atoms with Crippen LogP contribution in [0.5, 0.6) is 0 Å². The van der Waals surface area contributed by atoms with Crippen LogP contribution in [-0.4, -0.2) is 16.0 Å². The molecular weight excluding hydrogens is 370 g/mol. The largest absolute Gasteiger partial charge is 0.388 e. The van der Waals surface area contributed by atoms with Crippen LogP contribution in [0.4, 0.5) is 10.8 Å². The lowest BCUT2D eigenvalue weighted by atomic mass is 10.0. The Morgan fingerprint density at radius 1 is 1.18 bits per heavy atom. The molecule has 1 amide bonds. The maximum atomic E-state index is 12.1. The van der Waals surface area contributed by atoms with Crippen LogP contribution in [0, 0.1) is 0 Å². The normalized spacial score (nSPS) is 13.5. The van der Waals surface area contributed by atoms with Gasteiger partial charge in [-0.2, -0.15) is 0 Å². The Morgan fingerprint density at radius 2 is 1.93 bits per heavy atom. The molecule has 6 heteroatoms. The summed E-state index contributed by atoms with van der Waals surface area (Å²) in [5.74, 6) is -0.156. The number of aromatic nitrogens is 1. The fourth-order valence-electron chi connectivity index (χ4n) is 2.81. The second-order valence-corrected chi connectivity index (χ2v) is 7.36. The van der Waals surface area contributed by atoms with E-state index in [2.05, 4.69) is 10.3 Å². The number of hydrogen-bond acceptors (Lipinski definition) is 5. The van der Waals surface area contributed by atoms with Crippen molar-refractivity contribution in [2.24, 2.45) is 0 Å². The molecule has 0 spiro atoms. The number of nitrogens with two attached hydrogens (primary N) is 1. The summed E-state index contributed by atoms with van der Waals surface area (Å²) in [6.07, 6.45) is -1.13. The van der Waals surface area contributed by atoms with Crippen LogP contribution in [0.3, 0.4) is 0 Å². The maximum absolute atomic E-state index is 12.1. The molecule has 3 aromatic rings. The van der Waals surface area contributed by atoms with E-state index in [1.54, 1.807) is 29.6 Å². The van der Waals surface area contributed by atoms with Gasteiger partial charge in [-0.3, -0.25) is 4.79 Å². The number of carbonyl (C=O) groups is 1. The van der Waals surface area contributed by atoms with Crippen molar-refractivity contribution in [3.8, 4) is 0 Å². The van der Waals surface area contributed by atoms with Crippen LogP contribution in [0.2, 0.25) is 0 Å². The van der Waals surface area contributed by atoms with E-state index in [0.29, 0.717) is 34.9 Å². The fraction of sp³-hybridized carbons (Fsp3) is 0.273. The minimum Gasteiger partial charge on any atom is -0.388 e. The summed E-state index contributed by atoms with van der Waals surface area (Å²) in [6.45, 7) is 0. The lowest BCUT2D eigenvalue weighted by Gasteiger charge is -2.10. The topological polar surface area (TPSA) is 88.2 Å². The third-order valence-electron chi connectivity index (χ3n) is 4.24. The van der Waals surface area contributed by atoms with Gasteiger partial charge in [0.2, 0.25) is 5.91 Å². The summed E-state index contributed by atoms with van der Waals surface area (Å²) < 4.78 is 16.4. The summed E-state index contributed by atoms with van der Waals surface area (Å²) in [7, 11) is 0. The zero-order valence-corrected chi connectivity index (χ0v) is 16.3. The molecule has 0 radical (unpaired) electrons. The van der Waals surface area contributed by atoms with Crippen molar-refractivity contribution < 1.29 is 12.6 Å². The first-order chi connectivity index (χ1) is 14.3. The van der Waals surface area contributed by atoms with Gasteiger partial charge < -0.3 is 16.2 Å². The standard InChI is InChI=1S/C22H25N3O2S/c23-22-25-19(15-28-22)14-21(27)24-18-12-10-16(11-13-18)6-4-5-9-20(26)17-7-2-1-3-8-17/h1-3,7-8,10-13,15,20,26H,4-6,9,14H2,(H2,23,25)(H,24,27)/t20-/m0/s1/i9D2. The number of aryl methyl sites for hydroxylation is 1. The van der Waals surface area contributed by atoms with Gasteiger partial charge in [0.15, 0.2) is 5.13 Å². The van der Waals surface area contributed by atoms with E-state index < -0.39 is 12.5 Å². The van der Waals surface area contributed by atoms with Crippen LogP contribution < -0.4 is 11.1 Å². The molecule has 28 heavy (non-hydrogen) atoms. The van der Waals surface area contributed by atoms with Crippen molar-refractivity contribution in [3.05, 3.63) is 76.8 Å². The number of benzene rings is 2. The number of aliphatic hydroxyl groups is 1. The summed E-state index contributed by atoms with van der Waals surface area (Å²) in [4.78, 5) is 16.2. The van der Waals surface area contributed by atoms with E-state index in [1.165, 1.54) is 11.3 Å². The summed E-state index contributed by atoms with van der Waals surface area (Å²) in [5.41, 5.74) is 8.55. The van der Waals surface area contributed by atoms with Crippen molar-refractivity contribution in [3.63, 3.8) is 0 Å². The predicted octanol–water partition coefficient (Wildman–Crippen LogP) is 4.35. The minimum absolute atomic E-state index is 0.156. The molecule has 0 fully saturated rings. The Hall–Kier alpha value is -2.70. The molecule has 1 aromatic heterocycles. The minimum atomic E-state index is -1.70. The second-order valence-electron chi connectivity index (χ2n) is 6.47. The Bertz CT molecular complexity index is 962. The number of hydrogen-bond donors (Lipinski definition) is 3. The van der Waals surface area contributed by atoms with E-state index in [-0.39, 0.29) is 18.7 Å². The molecule has 146 valence electrons. The Labute approximate surface area is 172 Å². The molecule has 4 N–H and O–H groups in total. The van der Waals surface area contributed by atoms with Gasteiger partial charge in [-0.25, -0.2) is 4.98 Å². The van der Waals surface area contributed by atoms with Gasteiger partial charge in [0.1, 0.15) is 0 Å². The van der Waals surface area contributed by atoms with Crippen molar-refractivity contribution in [2.75, 3.05) is 11.1 Å². The quantitative estimate of drug-likeness (QED) is 0.501. The number of nitrogens with one attached hydrogen (secondary N) is 1. The number of amides is 1. The molecule has 0 saturated carbocycles. The van der Waals surface area contributed by atoms with Crippen LogP contribution in [0.25, 0.3) is 0 Å². The van der Waals surface area contributed by atoms with Crippen molar-refractivity contribution in [1.82, 2.24) is 4.98 Å². The first-order valence-corrected chi connectivity index (χ1v) is 10.0. The summed E-state index contributed by atoms with van der Waals surface area (Å²) in [5, 5.41) is 15.4. The lowest BCUT2D eigenvalue weighted by Crippen LogP contribution is -2.14. The number of aliphatic hydroxyl groups excluding tert-OH is 1. The van der Waals surface area contributed by atoms with Gasteiger partial charge in [-0.15, -0.1) is 11.3 Å². The number of nitrogens with zero attached hydrogens (tertiary/aromatic N) is 1. The van der Waals surface area contributed by atoms with E-state index >= 15 is 0 Å². The average Bonchev–Trinajstić information content (AvgIpc) is 3.13. The van der Waals surface area contributed by atoms with Gasteiger partial charge in [0.05, 0.1) is 18.2 Å². The highest BCUT2D eigenvalue weighted by atomic mass is 32.1. The molecule has 0 aliphatic rings. The zero-order chi connectivity index (χ0) is 21.6. The highest BCUT2D eigenvalue weighted by molar-refractivity contribution is 7.13. The van der Waals surface area contributed by atoms with E-state index in [9.17, 15) is 9.90 Å². The number of nitrogen functional groups attached to an aromatic ring is 1. The molecule has 5 nitrogen and oxygen atoms in total. The third-order valence-corrected chi connectivity index (χ3v) is 4.97. The van der Waals surface area contributed by atoms with Crippen LogP contribution >= 0.6 is 11.3 Å². The first-order valence-electron chi connectivity index (χ1n) is 10.2. The molecule has 1 atom stereocenters.